The minimum absolute atomic E-state index is 0.248. The lowest BCUT2D eigenvalue weighted by atomic mass is 10.1. The van der Waals surface area contributed by atoms with Crippen LogP contribution in [0, 0.1) is 0 Å². The van der Waals surface area contributed by atoms with E-state index in [1.54, 1.807) is 18.9 Å². The van der Waals surface area contributed by atoms with Crippen LogP contribution in [0.5, 0.6) is 11.5 Å². The smallest absolute Gasteiger partial charge is 0.172 e. The second kappa shape index (κ2) is 6.31. The molecule has 116 valence electrons. The highest BCUT2D eigenvalue weighted by Crippen LogP contribution is 2.32. The van der Waals surface area contributed by atoms with Crippen molar-refractivity contribution in [2.75, 3.05) is 14.2 Å². The molecule has 0 atom stereocenters. The largest absolute Gasteiger partial charge is 0.497 e. The van der Waals surface area contributed by atoms with Gasteiger partial charge < -0.3 is 9.47 Å². The number of methoxy groups -OCH3 is 2. The van der Waals surface area contributed by atoms with E-state index < -0.39 is 0 Å². The Labute approximate surface area is 133 Å². The van der Waals surface area contributed by atoms with Crippen LogP contribution in [0.2, 0.25) is 0 Å². The predicted octanol–water partition coefficient (Wildman–Crippen LogP) is 2.76. The maximum atomic E-state index is 11.4. The molecule has 0 aliphatic carbocycles. The zero-order chi connectivity index (χ0) is 16.2. The van der Waals surface area contributed by atoms with Crippen molar-refractivity contribution in [2.24, 2.45) is 0 Å². The number of hydrogen-bond acceptors (Lipinski definition) is 5. The molecule has 3 aromatic rings. The van der Waals surface area contributed by atoms with Gasteiger partial charge in [-0.05, 0) is 24.3 Å². The number of rotatable bonds is 5. The topological polar surface area (TPSA) is 66.2 Å². The minimum atomic E-state index is 0.248. The molecule has 0 fully saturated rings. The minimum Gasteiger partial charge on any atom is -0.497 e. The van der Waals surface area contributed by atoms with E-state index in [0.717, 1.165) is 11.3 Å². The Bertz CT molecular complexity index is 843. The summed E-state index contributed by atoms with van der Waals surface area (Å²) in [7, 11) is 3.18. The standard InChI is InChI=1S/C17H15N3O3/c1-22-13-7-5-6-12(10-13)20-17(15(11-21)18-19-20)14-8-3-4-9-16(14)23-2/h3-11H,1-2H3. The summed E-state index contributed by atoms with van der Waals surface area (Å²) in [6, 6.07) is 14.8. The summed E-state index contributed by atoms with van der Waals surface area (Å²) in [5.41, 5.74) is 2.30. The first-order chi connectivity index (χ1) is 11.3. The van der Waals surface area contributed by atoms with Gasteiger partial charge in [-0.25, -0.2) is 4.68 Å². The second-order valence-electron chi connectivity index (χ2n) is 4.75. The summed E-state index contributed by atoms with van der Waals surface area (Å²) in [6.07, 6.45) is 0.686. The summed E-state index contributed by atoms with van der Waals surface area (Å²) >= 11 is 0. The van der Waals surface area contributed by atoms with Crippen molar-refractivity contribution in [1.82, 2.24) is 15.0 Å². The van der Waals surface area contributed by atoms with Crippen molar-refractivity contribution in [1.29, 1.82) is 0 Å². The Morgan fingerprint density at radius 3 is 2.61 bits per heavy atom. The number of hydrogen-bond donors (Lipinski definition) is 0. The molecule has 0 aliphatic heterocycles. The van der Waals surface area contributed by atoms with Crippen LogP contribution in [-0.2, 0) is 0 Å². The van der Waals surface area contributed by atoms with Gasteiger partial charge in [-0.1, -0.05) is 23.4 Å². The number of aromatic nitrogens is 3. The van der Waals surface area contributed by atoms with E-state index in [2.05, 4.69) is 10.3 Å². The van der Waals surface area contributed by atoms with Gasteiger partial charge in [-0.2, -0.15) is 0 Å². The van der Waals surface area contributed by atoms with Gasteiger partial charge in [0.15, 0.2) is 12.0 Å². The lowest BCUT2D eigenvalue weighted by Gasteiger charge is -2.11. The normalized spacial score (nSPS) is 10.3. The van der Waals surface area contributed by atoms with E-state index in [0.29, 0.717) is 23.5 Å². The van der Waals surface area contributed by atoms with E-state index in [1.165, 1.54) is 0 Å². The molecule has 0 saturated carbocycles. The van der Waals surface area contributed by atoms with Gasteiger partial charge >= 0.3 is 0 Å². The van der Waals surface area contributed by atoms with Crippen LogP contribution >= 0.6 is 0 Å². The van der Waals surface area contributed by atoms with Gasteiger partial charge in [0.2, 0.25) is 0 Å². The van der Waals surface area contributed by atoms with Crippen molar-refractivity contribution >= 4 is 6.29 Å². The Balaban J connectivity index is 2.24. The number of benzene rings is 2. The van der Waals surface area contributed by atoms with Crippen LogP contribution in [0.25, 0.3) is 16.9 Å². The highest BCUT2D eigenvalue weighted by atomic mass is 16.5. The van der Waals surface area contributed by atoms with Crippen LogP contribution in [0.1, 0.15) is 10.5 Å². The highest BCUT2D eigenvalue weighted by molar-refractivity contribution is 5.86. The molecule has 23 heavy (non-hydrogen) atoms. The zero-order valence-electron chi connectivity index (χ0n) is 12.8. The Hall–Kier alpha value is -3.15. The number of aldehydes is 1. The molecule has 6 nitrogen and oxygen atoms in total. The first-order valence-corrected chi connectivity index (χ1v) is 6.97. The molecule has 0 N–H and O–H groups in total. The molecule has 0 aliphatic rings. The van der Waals surface area contributed by atoms with Crippen molar-refractivity contribution < 1.29 is 14.3 Å². The molecule has 3 rings (SSSR count). The zero-order valence-corrected chi connectivity index (χ0v) is 12.8. The lowest BCUT2D eigenvalue weighted by molar-refractivity contribution is 0.111. The molecule has 1 aromatic heterocycles. The Kier molecular flexibility index (Phi) is 4.05. The molecule has 0 radical (unpaired) electrons. The van der Waals surface area contributed by atoms with Crippen LogP contribution in [-0.4, -0.2) is 35.5 Å². The summed E-state index contributed by atoms with van der Waals surface area (Å²) in [4.78, 5) is 11.4. The molecule has 0 saturated heterocycles. The van der Waals surface area contributed by atoms with E-state index in [4.69, 9.17) is 9.47 Å². The van der Waals surface area contributed by atoms with E-state index in [-0.39, 0.29) is 5.69 Å². The van der Waals surface area contributed by atoms with Crippen molar-refractivity contribution in [3.8, 4) is 28.4 Å². The number of ether oxygens (including phenoxy) is 2. The third-order valence-electron chi connectivity index (χ3n) is 3.47. The summed E-state index contributed by atoms with van der Waals surface area (Å²) in [5.74, 6) is 1.33. The predicted molar refractivity (Wildman–Crippen MR) is 85.3 cm³/mol. The average Bonchev–Trinajstić information content (AvgIpc) is 3.05. The van der Waals surface area contributed by atoms with Gasteiger partial charge in [0.25, 0.3) is 0 Å². The van der Waals surface area contributed by atoms with Crippen LogP contribution in [0.3, 0.4) is 0 Å². The summed E-state index contributed by atoms with van der Waals surface area (Å²) in [5, 5.41) is 8.08. The molecular weight excluding hydrogens is 294 g/mol. The highest BCUT2D eigenvalue weighted by Gasteiger charge is 2.19. The quantitative estimate of drug-likeness (QED) is 0.678. The van der Waals surface area contributed by atoms with Crippen molar-refractivity contribution in [3.05, 3.63) is 54.2 Å². The van der Waals surface area contributed by atoms with Gasteiger partial charge in [-0.15, -0.1) is 5.10 Å². The van der Waals surface area contributed by atoms with E-state index >= 15 is 0 Å². The second-order valence-corrected chi connectivity index (χ2v) is 4.75. The molecule has 0 amide bonds. The van der Waals surface area contributed by atoms with Crippen LogP contribution < -0.4 is 9.47 Å². The fraction of sp³-hybridized carbons (Fsp3) is 0.118. The van der Waals surface area contributed by atoms with E-state index in [1.807, 2.05) is 48.5 Å². The van der Waals surface area contributed by atoms with Gasteiger partial charge in [0, 0.05) is 11.6 Å². The number of carbonyl (C=O) groups is 1. The van der Waals surface area contributed by atoms with Crippen LogP contribution in [0.4, 0.5) is 0 Å². The number of carbonyl (C=O) groups excluding carboxylic acids is 1. The molecule has 6 heteroatoms. The van der Waals surface area contributed by atoms with Crippen molar-refractivity contribution in [3.63, 3.8) is 0 Å². The first kappa shape index (κ1) is 14.8. The molecular formula is C17H15N3O3. The van der Waals surface area contributed by atoms with Crippen LogP contribution in [0.15, 0.2) is 48.5 Å². The average molecular weight is 309 g/mol. The summed E-state index contributed by atoms with van der Waals surface area (Å²) in [6.45, 7) is 0. The molecule has 2 aromatic carbocycles. The third kappa shape index (κ3) is 2.66. The van der Waals surface area contributed by atoms with Gasteiger partial charge in [0.1, 0.15) is 17.2 Å². The van der Waals surface area contributed by atoms with E-state index in [9.17, 15) is 4.79 Å². The Morgan fingerprint density at radius 1 is 1.04 bits per heavy atom. The maximum Gasteiger partial charge on any atom is 0.172 e. The molecule has 0 bridgehead atoms. The maximum absolute atomic E-state index is 11.4. The number of para-hydroxylation sites is 1. The SMILES string of the molecule is COc1cccc(-n2nnc(C=O)c2-c2ccccc2OC)c1. The third-order valence-corrected chi connectivity index (χ3v) is 3.47. The summed E-state index contributed by atoms with van der Waals surface area (Å²) < 4.78 is 12.2. The number of nitrogens with zero attached hydrogens (tertiary/aromatic N) is 3. The molecule has 1 heterocycles. The van der Waals surface area contributed by atoms with Gasteiger partial charge in [0.05, 0.1) is 19.9 Å². The Morgan fingerprint density at radius 2 is 1.87 bits per heavy atom. The van der Waals surface area contributed by atoms with Gasteiger partial charge in [-0.3, -0.25) is 4.79 Å². The fourth-order valence-corrected chi connectivity index (χ4v) is 2.39. The molecule has 0 unspecified atom stereocenters. The van der Waals surface area contributed by atoms with Crippen molar-refractivity contribution in [2.45, 2.75) is 0 Å². The molecule has 0 spiro atoms. The monoisotopic (exact) mass is 309 g/mol. The fourth-order valence-electron chi connectivity index (χ4n) is 2.39. The first-order valence-electron chi connectivity index (χ1n) is 6.97. The lowest BCUT2D eigenvalue weighted by Crippen LogP contribution is -2.01.